The predicted molar refractivity (Wildman–Crippen MR) is 96.8 cm³/mol. The number of carbonyl (C=O) groups excluding carboxylic acids is 1. The number of likely N-dealkylation sites (tertiary alicyclic amines) is 1. The van der Waals surface area contributed by atoms with Crippen molar-refractivity contribution in [1.82, 2.24) is 24.6 Å². The molecule has 0 bridgehead atoms. The Morgan fingerprint density at radius 3 is 3.00 bits per heavy atom. The average molecular weight is 359 g/mol. The maximum Gasteiger partial charge on any atom is 0.228 e. The van der Waals surface area contributed by atoms with E-state index in [2.05, 4.69) is 33.6 Å². The summed E-state index contributed by atoms with van der Waals surface area (Å²) in [6.07, 6.45) is 4.73. The number of hydrogen-bond donors (Lipinski definition) is 0. The summed E-state index contributed by atoms with van der Waals surface area (Å²) in [6, 6.07) is 0. The number of thiazole rings is 1. The van der Waals surface area contributed by atoms with Gasteiger partial charge in [-0.2, -0.15) is 0 Å². The van der Waals surface area contributed by atoms with Gasteiger partial charge in [0.05, 0.1) is 17.1 Å². The van der Waals surface area contributed by atoms with Crippen molar-refractivity contribution in [3.63, 3.8) is 0 Å². The largest absolute Gasteiger partial charge is 0.342 e. The number of amides is 1. The van der Waals surface area contributed by atoms with Crippen molar-refractivity contribution in [3.05, 3.63) is 27.7 Å². The van der Waals surface area contributed by atoms with E-state index < -0.39 is 0 Å². The van der Waals surface area contributed by atoms with E-state index >= 15 is 0 Å². The molecule has 2 aromatic rings. The molecule has 134 valence electrons. The van der Waals surface area contributed by atoms with Crippen LogP contribution < -0.4 is 0 Å². The van der Waals surface area contributed by atoms with Gasteiger partial charge in [-0.05, 0) is 19.3 Å². The fraction of sp³-hybridized carbons (Fsp3) is 0.667. The smallest absolute Gasteiger partial charge is 0.228 e. The van der Waals surface area contributed by atoms with E-state index in [1.54, 1.807) is 11.3 Å². The molecule has 4 heterocycles. The first-order valence-corrected chi connectivity index (χ1v) is 10.1. The van der Waals surface area contributed by atoms with Crippen LogP contribution in [0.5, 0.6) is 0 Å². The first-order chi connectivity index (χ1) is 12.1. The van der Waals surface area contributed by atoms with Crippen LogP contribution >= 0.6 is 11.3 Å². The summed E-state index contributed by atoms with van der Waals surface area (Å²) < 4.78 is 2.27. The molecule has 1 amide bonds. The second-order valence-corrected chi connectivity index (χ2v) is 8.31. The third-order valence-corrected chi connectivity index (χ3v) is 6.37. The molecular weight excluding hydrogens is 334 g/mol. The van der Waals surface area contributed by atoms with Crippen LogP contribution in [0.15, 0.2) is 5.38 Å². The van der Waals surface area contributed by atoms with Crippen LogP contribution in [0.3, 0.4) is 0 Å². The lowest BCUT2D eigenvalue weighted by atomic mass is 9.96. The number of piperidine rings is 1. The van der Waals surface area contributed by atoms with Crippen LogP contribution in [-0.2, 0) is 24.2 Å². The van der Waals surface area contributed by atoms with Crippen molar-refractivity contribution in [2.24, 2.45) is 0 Å². The van der Waals surface area contributed by atoms with Gasteiger partial charge in [0, 0.05) is 43.3 Å². The van der Waals surface area contributed by atoms with E-state index in [4.69, 9.17) is 0 Å². The minimum absolute atomic E-state index is 0.187. The first kappa shape index (κ1) is 16.7. The van der Waals surface area contributed by atoms with Gasteiger partial charge < -0.3 is 9.47 Å². The summed E-state index contributed by atoms with van der Waals surface area (Å²) in [5.41, 5.74) is 0.907. The summed E-state index contributed by atoms with van der Waals surface area (Å²) in [7, 11) is 0. The zero-order valence-electron chi connectivity index (χ0n) is 14.9. The van der Waals surface area contributed by atoms with Crippen molar-refractivity contribution >= 4 is 17.2 Å². The minimum atomic E-state index is 0.187. The highest BCUT2D eigenvalue weighted by Crippen LogP contribution is 2.29. The molecule has 1 atom stereocenters. The van der Waals surface area contributed by atoms with Gasteiger partial charge in [-0.1, -0.05) is 13.8 Å². The molecule has 1 fully saturated rings. The molecule has 0 aliphatic carbocycles. The third kappa shape index (κ3) is 3.34. The summed E-state index contributed by atoms with van der Waals surface area (Å²) in [6.45, 7) is 6.90. The van der Waals surface area contributed by atoms with E-state index in [1.165, 1.54) is 0 Å². The van der Waals surface area contributed by atoms with Crippen LogP contribution in [0.2, 0.25) is 0 Å². The third-order valence-electron chi connectivity index (χ3n) is 5.17. The van der Waals surface area contributed by atoms with E-state index in [1.807, 2.05) is 10.3 Å². The van der Waals surface area contributed by atoms with Crippen LogP contribution in [-0.4, -0.2) is 43.6 Å². The fourth-order valence-corrected chi connectivity index (χ4v) is 4.66. The number of hydrogen-bond acceptors (Lipinski definition) is 5. The molecular formula is C18H25N5OS. The molecule has 2 aromatic heterocycles. The van der Waals surface area contributed by atoms with Gasteiger partial charge in [-0.15, -0.1) is 21.5 Å². The number of rotatable bonds is 4. The Bertz CT molecular complexity index is 765. The number of fused-ring (bicyclic) bond motifs is 1. The molecule has 1 saturated heterocycles. The predicted octanol–water partition coefficient (Wildman–Crippen LogP) is 2.75. The number of aryl methyl sites for hydroxylation is 1. The monoisotopic (exact) mass is 359 g/mol. The van der Waals surface area contributed by atoms with Crippen LogP contribution in [0.4, 0.5) is 0 Å². The van der Waals surface area contributed by atoms with Gasteiger partial charge in [0.1, 0.15) is 11.6 Å². The van der Waals surface area contributed by atoms with Gasteiger partial charge in [-0.3, -0.25) is 4.79 Å². The van der Waals surface area contributed by atoms with Gasteiger partial charge in [0.25, 0.3) is 0 Å². The molecule has 0 spiro atoms. The van der Waals surface area contributed by atoms with E-state index in [0.717, 1.165) is 67.7 Å². The minimum Gasteiger partial charge on any atom is -0.342 e. The molecule has 7 heteroatoms. The summed E-state index contributed by atoms with van der Waals surface area (Å²) in [4.78, 5) is 19.3. The Morgan fingerprint density at radius 1 is 1.32 bits per heavy atom. The Kier molecular flexibility index (Phi) is 4.58. The normalized spacial score (nSPS) is 20.3. The summed E-state index contributed by atoms with van der Waals surface area (Å²) >= 11 is 1.65. The van der Waals surface area contributed by atoms with E-state index in [0.29, 0.717) is 18.3 Å². The molecule has 0 unspecified atom stereocenters. The second kappa shape index (κ2) is 6.86. The summed E-state index contributed by atoms with van der Waals surface area (Å²) in [5, 5.41) is 11.9. The number of aromatic nitrogens is 4. The van der Waals surface area contributed by atoms with Crippen LogP contribution in [0.1, 0.15) is 67.3 Å². The molecule has 2 aliphatic rings. The lowest BCUT2D eigenvalue weighted by Crippen LogP contribution is -2.40. The van der Waals surface area contributed by atoms with Crippen LogP contribution in [0, 0.1) is 0 Å². The standard InChI is InChI=1S/C18H25N5OS/c1-12(2)18-19-14(11-25-18)9-16(24)22-7-3-5-13(10-22)17-21-20-15-6-4-8-23(15)17/h11-13H,3-10H2,1-2H3/t13-/m1/s1. The highest BCUT2D eigenvalue weighted by Gasteiger charge is 2.30. The quantitative estimate of drug-likeness (QED) is 0.842. The summed E-state index contributed by atoms with van der Waals surface area (Å²) in [5.74, 6) is 3.12. The maximum atomic E-state index is 12.7. The van der Waals surface area contributed by atoms with Gasteiger partial charge in [0.15, 0.2) is 0 Å². The zero-order valence-corrected chi connectivity index (χ0v) is 15.8. The van der Waals surface area contributed by atoms with Gasteiger partial charge >= 0.3 is 0 Å². The molecule has 4 rings (SSSR count). The molecule has 0 aromatic carbocycles. The van der Waals surface area contributed by atoms with Crippen LogP contribution in [0.25, 0.3) is 0 Å². The highest BCUT2D eigenvalue weighted by atomic mass is 32.1. The van der Waals surface area contributed by atoms with Crippen molar-refractivity contribution < 1.29 is 4.79 Å². The second-order valence-electron chi connectivity index (χ2n) is 7.42. The number of carbonyl (C=O) groups is 1. The fourth-order valence-electron chi connectivity index (χ4n) is 3.83. The first-order valence-electron chi connectivity index (χ1n) is 9.26. The topological polar surface area (TPSA) is 63.9 Å². The van der Waals surface area contributed by atoms with Crippen molar-refractivity contribution in [3.8, 4) is 0 Å². The Labute approximate surface area is 152 Å². The SMILES string of the molecule is CC(C)c1nc(CC(=O)N2CCC[C@@H](c3nnc4n3CCC4)C2)cs1. The lowest BCUT2D eigenvalue weighted by molar-refractivity contribution is -0.131. The zero-order chi connectivity index (χ0) is 17.4. The van der Waals surface area contributed by atoms with Crippen molar-refractivity contribution in [2.45, 2.75) is 64.3 Å². The molecule has 0 N–H and O–H groups in total. The Balaban J connectivity index is 1.42. The maximum absolute atomic E-state index is 12.7. The van der Waals surface area contributed by atoms with Gasteiger partial charge in [0.2, 0.25) is 5.91 Å². The van der Waals surface area contributed by atoms with E-state index in [-0.39, 0.29) is 5.91 Å². The average Bonchev–Trinajstić information content (AvgIpc) is 3.31. The van der Waals surface area contributed by atoms with Crippen molar-refractivity contribution in [2.75, 3.05) is 13.1 Å². The molecule has 6 nitrogen and oxygen atoms in total. The number of nitrogens with zero attached hydrogens (tertiary/aromatic N) is 5. The Hall–Kier alpha value is -1.76. The molecule has 2 aliphatic heterocycles. The molecule has 25 heavy (non-hydrogen) atoms. The molecule has 0 radical (unpaired) electrons. The van der Waals surface area contributed by atoms with E-state index in [9.17, 15) is 4.79 Å². The Morgan fingerprint density at radius 2 is 2.20 bits per heavy atom. The van der Waals surface area contributed by atoms with Gasteiger partial charge in [-0.25, -0.2) is 4.98 Å². The molecule has 0 saturated carbocycles. The van der Waals surface area contributed by atoms with Crippen molar-refractivity contribution in [1.29, 1.82) is 0 Å². The highest BCUT2D eigenvalue weighted by molar-refractivity contribution is 7.09. The lowest BCUT2D eigenvalue weighted by Gasteiger charge is -2.32.